The first-order valence-corrected chi connectivity index (χ1v) is 11.2. The average Bonchev–Trinajstić information content (AvgIpc) is 2.84. The first-order valence-electron chi connectivity index (χ1n) is 11.2. The van der Waals surface area contributed by atoms with Crippen molar-refractivity contribution in [1.29, 1.82) is 0 Å². The summed E-state index contributed by atoms with van der Waals surface area (Å²) in [5.74, 6) is 0.0830. The molecule has 0 fully saturated rings. The van der Waals surface area contributed by atoms with Crippen molar-refractivity contribution in [3.05, 3.63) is 88.3 Å². The normalized spacial score (nSPS) is 14.8. The largest absolute Gasteiger partial charge is 0.496 e. The van der Waals surface area contributed by atoms with Gasteiger partial charge in [-0.05, 0) is 38.0 Å². The van der Waals surface area contributed by atoms with E-state index in [1.807, 2.05) is 57.2 Å². The van der Waals surface area contributed by atoms with Gasteiger partial charge in [0.2, 0.25) is 5.88 Å². The van der Waals surface area contributed by atoms with Gasteiger partial charge in [-0.25, -0.2) is 9.78 Å². The molecule has 34 heavy (non-hydrogen) atoms. The number of nitrogens with one attached hydrogen (secondary N) is 1. The van der Waals surface area contributed by atoms with Crippen LogP contribution in [0.3, 0.4) is 0 Å². The summed E-state index contributed by atoms with van der Waals surface area (Å²) in [6.07, 6.45) is 1.76. The van der Waals surface area contributed by atoms with E-state index in [1.165, 1.54) is 0 Å². The van der Waals surface area contributed by atoms with Gasteiger partial charge in [0.1, 0.15) is 12.4 Å². The molecule has 2 aromatic carbocycles. The van der Waals surface area contributed by atoms with E-state index in [9.17, 15) is 4.79 Å². The van der Waals surface area contributed by atoms with Gasteiger partial charge in [-0.2, -0.15) is 0 Å². The molecule has 1 atom stereocenters. The van der Waals surface area contributed by atoms with Crippen LogP contribution in [-0.2, 0) is 16.1 Å². The van der Waals surface area contributed by atoms with E-state index < -0.39 is 11.9 Å². The summed E-state index contributed by atoms with van der Waals surface area (Å²) < 4.78 is 17.4. The number of fused-ring (bicyclic) bond motifs is 1. The molecule has 1 aliphatic heterocycles. The smallest absolute Gasteiger partial charge is 0.337 e. The van der Waals surface area contributed by atoms with Crippen LogP contribution in [0.15, 0.2) is 66.0 Å². The number of pyridine rings is 1. The molecule has 0 aliphatic carbocycles. The standard InChI is InChI=1S/C27H29N3O4/c1-5-33-26-24-23(20-12-11-19(28)13-21(20)32-4)22(17(3)30-25(24)16(2)14-29-26)27(31)34-15-18-9-7-6-8-10-18/h6-14,23,30H,5,15,28H2,1-4H3. The SMILES string of the molecule is CCOc1ncc(C)c2c1C(c1ccc(N)cc1OC)C(C(=O)OCc1ccccc1)=C(C)N2. The Hall–Kier alpha value is -4.00. The molecule has 176 valence electrons. The third-order valence-corrected chi connectivity index (χ3v) is 5.85. The molecule has 0 radical (unpaired) electrons. The summed E-state index contributed by atoms with van der Waals surface area (Å²) in [6.45, 7) is 6.35. The second-order valence-electron chi connectivity index (χ2n) is 8.13. The summed E-state index contributed by atoms with van der Waals surface area (Å²) >= 11 is 0. The van der Waals surface area contributed by atoms with Crippen LogP contribution in [-0.4, -0.2) is 24.7 Å². The Labute approximate surface area is 199 Å². The monoisotopic (exact) mass is 459 g/mol. The Morgan fingerprint density at radius 2 is 1.91 bits per heavy atom. The number of hydrogen-bond acceptors (Lipinski definition) is 7. The molecule has 1 aromatic heterocycles. The van der Waals surface area contributed by atoms with Crippen molar-refractivity contribution in [3.8, 4) is 11.6 Å². The summed E-state index contributed by atoms with van der Waals surface area (Å²) in [5.41, 5.74) is 12.0. The predicted molar refractivity (Wildman–Crippen MR) is 132 cm³/mol. The van der Waals surface area contributed by atoms with E-state index in [2.05, 4.69) is 10.3 Å². The maximum atomic E-state index is 13.5. The zero-order valence-electron chi connectivity index (χ0n) is 19.8. The van der Waals surface area contributed by atoms with Gasteiger partial charge in [0.25, 0.3) is 0 Å². The van der Waals surface area contributed by atoms with Crippen LogP contribution in [0.5, 0.6) is 11.6 Å². The number of carbonyl (C=O) groups is 1. The van der Waals surface area contributed by atoms with Crippen molar-refractivity contribution in [2.45, 2.75) is 33.3 Å². The lowest BCUT2D eigenvalue weighted by Crippen LogP contribution is -2.26. The van der Waals surface area contributed by atoms with Crippen molar-refractivity contribution in [2.75, 3.05) is 24.8 Å². The fourth-order valence-corrected chi connectivity index (χ4v) is 4.26. The molecule has 7 heteroatoms. The van der Waals surface area contributed by atoms with Crippen molar-refractivity contribution in [1.82, 2.24) is 4.98 Å². The van der Waals surface area contributed by atoms with E-state index >= 15 is 0 Å². The third-order valence-electron chi connectivity index (χ3n) is 5.85. The minimum atomic E-state index is -0.524. The zero-order valence-corrected chi connectivity index (χ0v) is 19.8. The molecular formula is C27H29N3O4. The van der Waals surface area contributed by atoms with Gasteiger partial charge >= 0.3 is 5.97 Å². The number of ether oxygens (including phenoxy) is 3. The van der Waals surface area contributed by atoms with E-state index in [1.54, 1.807) is 25.4 Å². The second kappa shape index (κ2) is 9.87. The van der Waals surface area contributed by atoms with Gasteiger partial charge in [-0.15, -0.1) is 0 Å². The summed E-state index contributed by atoms with van der Waals surface area (Å²) in [5, 5.41) is 3.40. The van der Waals surface area contributed by atoms with E-state index in [0.717, 1.165) is 27.9 Å². The number of aromatic nitrogens is 1. The van der Waals surface area contributed by atoms with Crippen molar-refractivity contribution < 1.29 is 19.0 Å². The van der Waals surface area contributed by atoms with Gasteiger partial charge in [0.05, 0.1) is 36.5 Å². The molecule has 0 saturated carbocycles. The molecule has 2 heterocycles. The maximum absolute atomic E-state index is 13.5. The molecule has 0 saturated heterocycles. The summed E-state index contributed by atoms with van der Waals surface area (Å²) in [7, 11) is 1.59. The topological polar surface area (TPSA) is 95.7 Å². The Morgan fingerprint density at radius 1 is 1.15 bits per heavy atom. The molecule has 1 unspecified atom stereocenters. The first kappa shape index (κ1) is 23.2. The number of nitrogens with two attached hydrogens (primary N) is 1. The number of allylic oxidation sites excluding steroid dienone is 1. The van der Waals surface area contributed by atoms with Crippen LogP contribution in [0.25, 0.3) is 0 Å². The fraction of sp³-hybridized carbons (Fsp3) is 0.259. The quantitative estimate of drug-likeness (QED) is 0.381. The average molecular weight is 460 g/mol. The minimum absolute atomic E-state index is 0.166. The Kier molecular flexibility index (Phi) is 6.72. The molecule has 1 aliphatic rings. The van der Waals surface area contributed by atoms with Gasteiger partial charge in [0.15, 0.2) is 0 Å². The number of hydrogen-bond donors (Lipinski definition) is 2. The number of carbonyl (C=O) groups excluding carboxylic acids is 1. The van der Waals surface area contributed by atoms with E-state index in [-0.39, 0.29) is 6.61 Å². The number of nitrogens with zero attached hydrogens (tertiary/aromatic N) is 1. The van der Waals surface area contributed by atoms with Crippen LogP contribution in [0.4, 0.5) is 11.4 Å². The van der Waals surface area contributed by atoms with Gasteiger partial charge in [-0.1, -0.05) is 36.4 Å². The van der Waals surface area contributed by atoms with Crippen LogP contribution >= 0.6 is 0 Å². The maximum Gasteiger partial charge on any atom is 0.337 e. The summed E-state index contributed by atoms with van der Waals surface area (Å²) in [6, 6.07) is 15.0. The number of benzene rings is 2. The second-order valence-corrected chi connectivity index (χ2v) is 8.13. The van der Waals surface area contributed by atoms with Crippen molar-refractivity contribution in [3.63, 3.8) is 0 Å². The van der Waals surface area contributed by atoms with E-state index in [0.29, 0.717) is 35.2 Å². The molecule has 3 aromatic rings. The summed E-state index contributed by atoms with van der Waals surface area (Å²) in [4.78, 5) is 18.1. The zero-order chi connectivity index (χ0) is 24.2. The van der Waals surface area contributed by atoms with Gasteiger partial charge < -0.3 is 25.3 Å². The first-order chi connectivity index (χ1) is 16.4. The number of anilines is 2. The minimum Gasteiger partial charge on any atom is -0.496 e. The van der Waals surface area contributed by atoms with Crippen LogP contribution in [0, 0.1) is 6.92 Å². The predicted octanol–water partition coefficient (Wildman–Crippen LogP) is 4.95. The van der Waals surface area contributed by atoms with Crippen molar-refractivity contribution in [2.24, 2.45) is 0 Å². The molecule has 0 amide bonds. The Balaban J connectivity index is 1.86. The molecule has 7 nitrogen and oxygen atoms in total. The number of rotatable bonds is 7. The number of esters is 1. The lowest BCUT2D eigenvalue weighted by atomic mass is 9.80. The van der Waals surface area contributed by atoms with Crippen molar-refractivity contribution >= 4 is 17.3 Å². The van der Waals surface area contributed by atoms with Crippen LogP contribution in [0.2, 0.25) is 0 Å². The Bertz CT molecular complexity index is 1240. The highest BCUT2D eigenvalue weighted by Gasteiger charge is 2.38. The fourth-order valence-electron chi connectivity index (χ4n) is 4.26. The number of nitrogen functional groups attached to an aromatic ring is 1. The Morgan fingerprint density at radius 3 is 2.62 bits per heavy atom. The molecule has 0 spiro atoms. The van der Waals surface area contributed by atoms with Crippen LogP contribution in [0.1, 0.15) is 42.0 Å². The molecule has 3 N–H and O–H groups in total. The number of methoxy groups -OCH3 is 1. The molecule has 0 bridgehead atoms. The lowest BCUT2D eigenvalue weighted by Gasteiger charge is -2.32. The third kappa shape index (κ3) is 4.41. The molecular weight excluding hydrogens is 430 g/mol. The highest BCUT2D eigenvalue weighted by Crippen LogP contribution is 2.49. The van der Waals surface area contributed by atoms with Gasteiger partial charge in [-0.3, -0.25) is 0 Å². The lowest BCUT2D eigenvalue weighted by molar-refractivity contribution is -0.140. The van der Waals surface area contributed by atoms with Crippen LogP contribution < -0.4 is 20.5 Å². The van der Waals surface area contributed by atoms with Gasteiger partial charge in [0, 0.05) is 29.2 Å². The number of aryl methyl sites for hydroxylation is 1. The molecule has 4 rings (SSSR count). The highest BCUT2D eigenvalue weighted by molar-refractivity contribution is 5.95. The van der Waals surface area contributed by atoms with E-state index in [4.69, 9.17) is 19.9 Å². The highest BCUT2D eigenvalue weighted by atomic mass is 16.5.